The third kappa shape index (κ3) is 3.53. The highest BCUT2D eigenvalue weighted by Gasteiger charge is 2.28. The molecule has 0 aliphatic carbocycles. The third-order valence-corrected chi connectivity index (χ3v) is 4.86. The van der Waals surface area contributed by atoms with E-state index in [-0.39, 0.29) is 11.9 Å². The molecule has 1 aliphatic heterocycles. The maximum atomic E-state index is 12.4. The zero-order chi connectivity index (χ0) is 14.7. The van der Waals surface area contributed by atoms with E-state index in [0.29, 0.717) is 5.02 Å². The van der Waals surface area contributed by atoms with Crippen LogP contribution in [0.1, 0.15) is 32.3 Å². The second-order valence-electron chi connectivity index (χ2n) is 5.96. The number of rotatable bonds is 3. The minimum absolute atomic E-state index is 0.0131. The molecule has 1 aromatic rings. The zero-order valence-electron chi connectivity index (χ0n) is 12.5. The lowest BCUT2D eigenvalue weighted by Gasteiger charge is -2.31. The van der Waals surface area contributed by atoms with E-state index in [4.69, 9.17) is 11.6 Å². The minimum Gasteiger partial charge on any atom is -0.325 e. The molecular weight excluding hydrogens is 272 g/mol. The fourth-order valence-corrected chi connectivity index (χ4v) is 2.91. The van der Waals surface area contributed by atoms with Gasteiger partial charge in [0.15, 0.2) is 6.04 Å². The van der Waals surface area contributed by atoms with Crippen molar-refractivity contribution in [3.63, 3.8) is 0 Å². The Hall–Kier alpha value is -1.06. The van der Waals surface area contributed by atoms with Crippen LogP contribution in [0.15, 0.2) is 18.2 Å². The summed E-state index contributed by atoms with van der Waals surface area (Å²) in [6, 6.07) is 5.60. The summed E-state index contributed by atoms with van der Waals surface area (Å²) in [6.07, 6.45) is 2.42. The van der Waals surface area contributed by atoms with Crippen LogP contribution in [-0.2, 0) is 4.79 Å². The van der Waals surface area contributed by atoms with Gasteiger partial charge in [-0.05, 0) is 50.3 Å². The first-order chi connectivity index (χ1) is 9.49. The van der Waals surface area contributed by atoms with E-state index >= 15 is 0 Å². The molecule has 1 aliphatic rings. The van der Waals surface area contributed by atoms with Crippen molar-refractivity contribution in [1.82, 2.24) is 0 Å². The van der Waals surface area contributed by atoms with Crippen LogP contribution in [0.4, 0.5) is 5.69 Å². The molecule has 1 aromatic carbocycles. The smallest absolute Gasteiger partial charge is 0.282 e. The van der Waals surface area contributed by atoms with Gasteiger partial charge in [0.1, 0.15) is 0 Å². The number of benzene rings is 1. The van der Waals surface area contributed by atoms with E-state index in [1.165, 1.54) is 17.7 Å². The summed E-state index contributed by atoms with van der Waals surface area (Å²) < 4.78 is 0. The molecule has 0 saturated carbocycles. The van der Waals surface area contributed by atoms with E-state index in [1.807, 2.05) is 32.0 Å². The Morgan fingerprint density at radius 1 is 1.40 bits per heavy atom. The monoisotopic (exact) mass is 295 g/mol. The van der Waals surface area contributed by atoms with Crippen molar-refractivity contribution in [3.8, 4) is 0 Å². The van der Waals surface area contributed by atoms with Crippen LogP contribution in [0, 0.1) is 12.8 Å². The number of quaternary nitrogens is 1. The molecule has 1 amide bonds. The summed E-state index contributed by atoms with van der Waals surface area (Å²) in [5.74, 6) is 0.879. The van der Waals surface area contributed by atoms with Crippen LogP contribution < -0.4 is 10.2 Å². The van der Waals surface area contributed by atoms with E-state index in [1.54, 1.807) is 0 Å². The maximum absolute atomic E-state index is 12.4. The molecule has 0 aromatic heterocycles. The SMILES string of the molecule is Cc1c(Cl)cccc1NC(=O)[C@H](C)[NH+]1CCC(C)CC1. The Kier molecular flexibility index (Phi) is 5.06. The lowest BCUT2D eigenvalue weighted by Crippen LogP contribution is -3.17. The Morgan fingerprint density at radius 3 is 2.70 bits per heavy atom. The lowest BCUT2D eigenvalue weighted by molar-refractivity contribution is -0.919. The fraction of sp³-hybridized carbons (Fsp3) is 0.562. The second-order valence-corrected chi connectivity index (χ2v) is 6.37. The molecule has 3 nitrogen and oxygen atoms in total. The van der Waals surface area contributed by atoms with Gasteiger partial charge in [0.2, 0.25) is 0 Å². The van der Waals surface area contributed by atoms with Crippen molar-refractivity contribution in [3.05, 3.63) is 28.8 Å². The van der Waals surface area contributed by atoms with Gasteiger partial charge in [-0.1, -0.05) is 24.6 Å². The number of piperidine rings is 1. The van der Waals surface area contributed by atoms with Crippen LogP contribution in [0.5, 0.6) is 0 Å². The van der Waals surface area contributed by atoms with Gasteiger partial charge in [0.05, 0.1) is 13.1 Å². The predicted molar refractivity (Wildman–Crippen MR) is 83.4 cm³/mol. The van der Waals surface area contributed by atoms with Gasteiger partial charge in [-0.3, -0.25) is 4.79 Å². The van der Waals surface area contributed by atoms with Crippen molar-refractivity contribution < 1.29 is 9.69 Å². The number of likely N-dealkylation sites (tertiary alicyclic amines) is 1. The molecule has 1 heterocycles. The largest absolute Gasteiger partial charge is 0.325 e. The van der Waals surface area contributed by atoms with Gasteiger partial charge >= 0.3 is 0 Å². The number of carbonyl (C=O) groups excluding carboxylic acids is 1. The molecule has 1 atom stereocenters. The molecule has 20 heavy (non-hydrogen) atoms. The van der Waals surface area contributed by atoms with Gasteiger partial charge < -0.3 is 10.2 Å². The number of anilines is 1. The maximum Gasteiger partial charge on any atom is 0.282 e. The molecule has 1 fully saturated rings. The third-order valence-electron chi connectivity index (χ3n) is 4.45. The average molecular weight is 296 g/mol. The minimum atomic E-state index is -0.0131. The summed E-state index contributed by atoms with van der Waals surface area (Å²) in [6.45, 7) is 8.41. The Morgan fingerprint density at radius 2 is 2.05 bits per heavy atom. The summed E-state index contributed by atoms with van der Waals surface area (Å²) in [4.78, 5) is 13.8. The quantitative estimate of drug-likeness (QED) is 0.881. The highest BCUT2D eigenvalue weighted by Crippen LogP contribution is 2.22. The van der Waals surface area contributed by atoms with Gasteiger partial charge in [-0.15, -0.1) is 0 Å². The Bertz CT molecular complexity index is 481. The first-order valence-corrected chi connectivity index (χ1v) is 7.77. The molecule has 110 valence electrons. The summed E-state index contributed by atoms with van der Waals surface area (Å²) in [5, 5.41) is 3.70. The second kappa shape index (κ2) is 6.59. The molecule has 2 N–H and O–H groups in total. The standard InChI is InChI=1S/C16H23ClN2O/c1-11-7-9-19(10-8-11)13(3)16(20)18-15-6-4-5-14(17)12(15)2/h4-6,11,13H,7-10H2,1-3H3,(H,18,20)/p+1/t13-/m0/s1. The molecule has 4 heteroatoms. The zero-order valence-corrected chi connectivity index (χ0v) is 13.3. The van der Waals surface area contributed by atoms with Crippen LogP contribution in [0.3, 0.4) is 0 Å². The number of nitrogens with one attached hydrogen (secondary N) is 2. The Labute approximate surface area is 126 Å². The topological polar surface area (TPSA) is 33.5 Å². The van der Waals surface area contributed by atoms with Crippen molar-refractivity contribution in [2.45, 2.75) is 39.7 Å². The normalized spacial score (nSPS) is 24.2. The fourth-order valence-electron chi connectivity index (χ4n) is 2.74. The highest BCUT2D eigenvalue weighted by molar-refractivity contribution is 6.31. The average Bonchev–Trinajstić information content (AvgIpc) is 2.44. The predicted octanol–water partition coefficient (Wildman–Crippen LogP) is 2.29. The molecule has 0 unspecified atom stereocenters. The van der Waals surface area contributed by atoms with Gasteiger partial charge in [-0.25, -0.2) is 0 Å². The van der Waals surface area contributed by atoms with Crippen LogP contribution in [-0.4, -0.2) is 25.0 Å². The summed E-state index contributed by atoms with van der Waals surface area (Å²) in [5.41, 5.74) is 1.75. The molecule has 2 rings (SSSR count). The van der Waals surface area contributed by atoms with E-state index < -0.39 is 0 Å². The van der Waals surface area contributed by atoms with Crippen molar-refractivity contribution in [1.29, 1.82) is 0 Å². The van der Waals surface area contributed by atoms with E-state index in [0.717, 1.165) is 30.3 Å². The number of hydrogen-bond donors (Lipinski definition) is 2. The van der Waals surface area contributed by atoms with E-state index in [9.17, 15) is 4.79 Å². The van der Waals surface area contributed by atoms with Crippen LogP contribution >= 0.6 is 11.6 Å². The lowest BCUT2D eigenvalue weighted by atomic mass is 9.98. The van der Waals surface area contributed by atoms with Gasteiger partial charge in [0.25, 0.3) is 5.91 Å². The number of halogens is 1. The van der Waals surface area contributed by atoms with E-state index in [2.05, 4.69) is 12.2 Å². The van der Waals surface area contributed by atoms with Gasteiger partial charge in [0, 0.05) is 10.7 Å². The summed E-state index contributed by atoms with van der Waals surface area (Å²) in [7, 11) is 0. The van der Waals surface area contributed by atoms with Crippen LogP contribution in [0.25, 0.3) is 0 Å². The number of hydrogen-bond acceptors (Lipinski definition) is 1. The highest BCUT2D eigenvalue weighted by atomic mass is 35.5. The molecule has 0 radical (unpaired) electrons. The van der Waals surface area contributed by atoms with Gasteiger partial charge in [-0.2, -0.15) is 0 Å². The first kappa shape index (κ1) is 15.3. The Balaban J connectivity index is 1.99. The molecule has 0 bridgehead atoms. The number of carbonyl (C=O) groups is 1. The van der Waals surface area contributed by atoms with Crippen molar-refractivity contribution in [2.75, 3.05) is 18.4 Å². The van der Waals surface area contributed by atoms with Crippen LogP contribution in [0.2, 0.25) is 5.02 Å². The van der Waals surface area contributed by atoms with Crippen molar-refractivity contribution >= 4 is 23.2 Å². The summed E-state index contributed by atoms with van der Waals surface area (Å²) >= 11 is 6.09. The molecule has 1 saturated heterocycles. The first-order valence-electron chi connectivity index (χ1n) is 7.39. The number of amides is 1. The molecular formula is C16H24ClN2O+. The molecule has 0 spiro atoms. The van der Waals surface area contributed by atoms with Crippen molar-refractivity contribution in [2.24, 2.45) is 5.92 Å².